The summed E-state index contributed by atoms with van der Waals surface area (Å²) in [6, 6.07) is 0. The van der Waals surface area contributed by atoms with Crippen LogP contribution in [0.2, 0.25) is 0 Å². The molecule has 42 heavy (non-hydrogen) atoms. The lowest BCUT2D eigenvalue weighted by Crippen LogP contribution is -2.42. The minimum atomic E-state index is -2.35. The van der Waals surface area contributed by atoms with Gasteiger partial charge in [-0.15, -0.1) is 11.8 Å². The van der Waals surface area contributed by atoms with Gasteiger partial charge in [-0.25, -0.2) is 18.0 Å². The van der Waals surface area contributed by atoms with Crippen molar-refractivity contribution >= 4 is 12.1 Å². The number of ether oxygens (including phenoxy) is 4. The van der Waals surface area contributed by atoms with Crippen molar-refractivity contribution < 1.29 is 50.5 Å². The number of fused-ring (bicyclic) bond motifs is 1. The van der Waals surface area contributed by atoms with E-state index < -0.39 is 64.5 Å². The van der Waals surface area contributed by atoms with Crippen LogP contribution in [0.4, 0.5) is 26.7 Å². The number of rotatable bonds is 13. The number of benzene rings is 1. The third kappa shape index (κ3) is 8.55. The fraction of sp³-hybridized carbons (Fsp3) is 0.655. The van der Waals surface area contributed by atoms with Crippen molar-refractivity contribution in [1.29, 1.82) is 0 Å². The fourth-order valence-corrected chi connectivity index (χ4v) is 4.87. The van der Waals surface area contributed by atoms with Gasteiger partial charge >= 0.3 is 12.1 Å². The number of carbonyl (C=O) groups excluding carboxylic acids is 2. The number of amides is 1. The zero-order valence-corrected chi connectivity index (χ0v) is 24.1. The molecule has 2 aliphatic rings. The van der Waals surface area contributed by atoms with Gasteiger partial charge in [0.2, 0.25) is 34.8 Å². The second-order valence-electron chi connectivity index (χ2n) is 11.8. The molecule has 1 aromatic rings. The quantitative estimate of drug-likeness (QED) is 0.0823. The smallest absolute Gasteiger partial charge is 0.407 e. The number of halogens is 5. The van der Waals surface area contributed by atoms with Crippen LogP contribution in [0.25, 0.3) is 0 Å². The van der Waals surface area contributed by atoms with Gasteiger partial charge < -0.3 is 30.0 Å². The standard InChI is InChI=1S/C29H37F5N2O6/c1-27(2,40-13-10-19(37)42-25-23(33)21(31)20(30)22(32)24(25)34)12-14-41-28(3,4)16-36-26(38)39-15-18-17-9-7-5-6-8-11-29(17,18)35/h17-18H,7-16,35H2,1-4H3,(H,36,38)/t17?,18-,29?/m0/s1. The van der Waals surface area contributed by atoms with E-state index in [4.69, 9.17) is 19.9 Å². The van der Waals surface area contributed by atoms with Gasteiger partial charge in [0, 0.05) is 30.8 Å². The van der Waals surface area contributed by atoms with E-state index in [1.807, 2.05) is 0 Å². The van der Waals surface area contributed by atoms with Crippen molar-refractivity contribution in [3.63, 3.8) is 0 Å². The van der Waals surface area contributed by atoms with Crippen LogP contribution in [-0.2, 0) is 19.0 Å². The van der Waals surface area contributed by atoms with E-state index in [0.29, 0.717) is 12.3 Å². The summed E-state index contributed by atoms with van der Waals surface area (Å²) in [5.74, 6) is -7.53. The molecule has 0 spiro atoms. The van der Waals surface area contributed by atoms with Crippen molar-refractivity contribution in [2.24, 2.45) is 17.6 Å². The fourth-order valence-electron chi connectivity index (χ4n) is 4.87. The lowest BCUT2D eigenvalue weighted by Gasteiger charge is -2.29. The Bertz CT molecular complexity index is 1200. The lowest BCUT2D eigenvalue weighted by atomic mass is 10.0. The highest BCUT2D eigenvalue weighted by atomic mass is 19.2. The summed E-state index contributed by atoms with van der Waals surface area (Å²) >= 11 is 0. The highest BCUT2D eigenvalue weighted by Gasteiger charge is 2.61. The van der Waals surface area contributed by atoms with Gasteiger partial charge in [-0.3, -0.25) is 4.79 Å². The number of carbonyl (C=O) groups is 2. The van der Waals surface area contributed by atoms with Gasteiger partial charge in [0.25, 0.3) is 0 Å². The molecule has 0 aliphatic heterocycles. The van der Waals surface area contributed by atoms with Gasteiger partial charge in [-0.05, 0) is 52.9 Å². The molecule has 1 saturated carbocycles. The van der Waals surface area contributed by atoms with Gasteiger partial charge in [0.1, 0.15) is 0 Å². The van der Waals surface area contributed by atoms with Crippen molar-refractivity contribution in [3.8, 4) is 17.6 Å². The van der Waals surface area contributed by atoms with E-state index in [1.165, 1.54) is 0 Å². The predicted molar refractivity (Wildman–Crippen MR) is 141 cm³/mol. The maximum atomic E-state index is 13.7. The Morgan fingerprint density at radius 1 is 0.929 bits per heavy atom. The van der Waals surface area contributed by atoms with Gasteiger partial charge in [-0.1, -0.05) is 0 Å². The Kier molecular flexibility index (Phi) is 10.8. The monoisotopic (exact) mass is 604 g/mol. The van der Waals surface area contributed by atoms with Crippen LogP contribution in [0, 0.1) is 52.8 Å². The Morgan fingerprint density at radius 2 is 1.52 bits per heavy atom. The third-order valence-corrected chi connectivity index (χ3v) is 7.58. The molecule has 234 valence electrons. The SMILES string of the molecule is CC(C)(CCOC(C)(C)CNC(=O)OC[C@H]1C2CCC#CCCC21N)OCCC(=O)Oc1c(F)c(F)c(F)c(F)c1F. The summed E-state index contributed by atoms with van der Waals surface area (Å²) in [5, 5.41) is 2.70. The van der Waals surface area contributed by atoms with Gasteiger partial charge in [-0.2, -0.15) is 8.78 Å². The van der Waals surface area contributed by atoms with Gasteiger partial charge in [0.15, 0.2) is 0 Å². The summed E-state index contributed by atoms with van der Waals surface area (Å²) in [6.07, 6.45) is 2.54. The normalized spacial score (nSPS) is 21.8. The molecular weight excluding hydrogens is 567 g/mol. The summed E-state index contributed by atoms with van der Waals surface area (Å²) < 4.78 is 88.4. The maximum Gasteiger partial charge on any atom is 0.407 e. The molecule has 0 bridgehead atoms. The first-order valence-electron chi connectivity index (χ1n) is 13.7. The van der Waals surface area contributed by atoms with Crippen LogP contribution in [0.3, 0.4) is 0 Å². The van der Waals surface area contributed by atoms with Crippen LogP contribution in [-0.4, -0.2) is 55.2 Å². The van der Waals surface area contributed by atoms with Crippen LogP contribution >= 0.6 is 0 Å². The minimum Gasteiger partial charge on any atom is -0.449 e. The number of alkyl carbamates (subject to hydrolysis) is 1. The molecule has 2 unspecified atom stereocenters. The molecule has 1 aromatic carbocycles. The molecule has 1 fully saturated rings. The first-order chi connectivity index (χ1) is 19.6. The van der Waals surface area contributed by atoms with Gasteiger partial charge in [0.05, 0.1) is 37.4 Å². The maximum absolute atomic E-state index is 13.7. The van der Waals surface area contributed by atoms with Crippen LogP contribution < -0.4 is 15.8 Å². The Morgan fingerprint density at radius 3 is 2.19 bits per heavy atom. The first kappa shape index (κ1) is 33.6. The number of hydrogen-bond acceptors (Lipinski definition) is 7. The summed E-state index contributed by atoms with van der Waals surface area (Å²) in [7, 11) is 0. The van der Waals surface area contributed by atoms with E-state index in [0.717, 1.165) is 25.7 Å². The van der Waals surface area contributed by atoms with Crippen LogP contribution in [0.1, 0.15) is 66.2 Å². The molecule has 3 N–H and O–H groups in total. The van der Waals surface area contributed by atoms with E-state index in [9.17, 15) is 31.5 Å². The average molecular weight is 605 g/mol. The topological polar surface area (TPSA) is 109 Å². The molecule has 3 rings (SSSR count). The Labute approximate surface area is 241 Å². The second kappa shape index (κ2) is 13.6. The molecule has 1 amide bonds. The Balaban J connectivity index is 1.33. The first-order valence-corrected chi connectivity index (χ1v) is 13.7. The molecule has 3 atom stereocenters. The lowest BCUT2D eigenvalue weighted by molar-refractivity contribution is -0.138. The molecule has 8 nitrogen and oxygen atoms in total. The van der Waals surface area contributed by atoms with E-state index in [-0.39, 0.29) is 37.8 Å². The zero-order chi connectivity index (χ0) is 31.3. The number of nitrogens with two attached hydrogens (primary N) is 1. The summed E-state index contributed by atoms with van der Waals surface area (Å²) in [4.78, 5) is 24.2. The molecule has 0 saturated heterocycles. The number of hydrogen-bond donors (Lipinski definition) is 2. The van der Waals surface area contributed by atoms with Crippen molar-refractivity contribution in [2.75, 3.05) is 26.4 Å². The molecule has 0 heterocycles. The zero-order valence-electron chi connectivity index (χ0n) is 24.1. The van der Waals surface area contributed by atoms with Crippen molar-refractivity contribution in [2.45, 2.75) is 83.0 Å². The third-order valence-electron chi connectivity index (χ3n) is 7.58. The highest BCUT2D eigenvalue weighted by molar-refractivity contribution is 5.72. The minimum absolute atomic E-state index is 0.120. The number of esters is 1. The summed E-state index contributed by atoms with van der Waals surface area (Å²) in [6.45, 7) is 7.38. The Hall–Kier alpha value is -2.95. The van der Waals surface area contributed by atoms with Crippen LogP contribution in [0.5, 0.6) is 5.75 Å². The molecule has 2 aliphatic carbocycles. The van der Waals surface area contributed by atoms with Crippen molar-refractivity contribution in [1.82, 2.24) is 5.32 Å². The van der Waals surface area contributed by atoms with Crippen LogP contribution in [0.15, 0.2) is 0 Å². The molecular formula is C29H37F5N2O6. The second-order valence-corrected chi connectivity index (χ2v) is 11.8. The molecule has 13 heteroatoms. The summed E-state index contributed by atoms with van der Waals surface area (Å²) in [5.41, 5.74) is 4.62. The highest BCUT2D eigenvalue weighted by Crippen LogP contribution is 2.54. The predicted octanol–water partition coefficient (Wildman–Crippen LogP) is 4.91. The largest absolute Gasteiger partial charge is 0.449 e. The molecule has 0 radical (unpaired) electrons. The van der Waals surface area contributed by atoms with E-state index in [2.05, 4.69) is 21.9 Å². The van der Waals surface area contributed by atoms with E-state index >= 15 is 0 Å². The van der Waals surface area contributed by atoms with E-state index in [1.54, 1.807) is 27.7 Å². The molecule has 0 aromatic heterocycles. The van der Waals surface area contributed by atoms with Crippen molar-refractivity contribution in [3.05, 3.63) is 29.1 Å². The average Bonchev–Trinajstić information content (AvgIpc) is 3.45. The number of nitrogens with one attached hydrogen (secondary N) is 1.